The number of carbonyl (C=O) groups is 1. The van der Waals surface area contributed by atoms with Crippen LogP contribution in [0, 0.1) is 12.8 Å². The van der Waals surface area contributed by atoms with E-state index in [0.717, 1.165) is 27.7 Å². The first-order valence-corrected chi connectivity index (χ1v) is 8.46. The quantitative estimate of drug-likeness (QED) is 0.595. The Morgan fingerprint density at radius 1 is 1.35 bits per heavy atom. The van der Waals surface area contributed by atoms with Crippen LogP contribution in [0.2, 0.25) is 0 Å². The molecule has 0 saturated heterocycles. The predicted molar refractivity (Wildman–Crippen MR) is 96.6 cm³/mol. The Kier molecular flexibility index (Phi) is 3.12. The summed E-state index contributed by atoms with van der Waals surface area (Å²) >= 11 is 0. The summed E-state index contributed by atoms with van der Waals surface area (Å²) in [5.41, 5.74) is 4.72. The summed E-state index contributed by atoms with van der Waals surface area (Å²) in [6, 6.07) is 5.95. The molecular formula is C19H16FN5O. The number of fused-ring (bicyclic) bond motifs is 2. The number of nitrogens with one attached hydrogen (secondary N) is 2. The second kappa shape index (κ2) is 5.39. The van der Waals surface area contributed by atoms with Crippen molar-refractivity contribution in [3.8, 4) is 11.1 Å². The highest BCUT2D eigenvalue weighted by Crippen LogP contribution is 2.34. The van der Waals surface area contributed by atoms with Gasteiger partial charge in [-0.2, -0.15) is 0 Å². The molecule has 130 valence electrons. The Balaban J connectivity index is 1.48. The second-order valence-electron chi connectivity index (χ2n) is 6.75. The molecule has 4 aromatic heterocycles. The average Bonchev–Trinajstić information content (AvgIpc) is 3.07. The van der Waals surface area contributed by atoms with Crippen LogP contribution in [0.15, 0.2) is 43.0 Å². The lowest BCUT2D eigenvalue weighted by Gasteiger charge is -2.03. The summed E-state index contributed by atoms with van der Waals surface area (Å²) in [4.78, 5) is 23.8. The van der Waals surface area contributed by atoms with Gasteiger partial charge in [-0.1, -0.05) is 0 Å². The largest absolute Gasteiger partial charge is 0.346 e. The normalized spacial score (nSPS) is 19.2. The van der Waals surface area contributed by atoms with E-state index < -0.39 is 12.1 Å². The molecular weight excluding hydrogens is 333 g/mol. The van der Waals surface area contributed by atoms with Crippen molar-refractivity contribution in [2.45, 2.75) is 19.5 Å². The molecule has 6 nitrogen and oxygen atoms in total. The van der Waals surface area contributed by atoms with E-state index in [4.69, 9.17) is 0 Å². The minimum absolute atomic E-state index is 0.303. The summed E-state index contributed by atoms with van der Waals surface area (Å²) in [5.74, 6) is -0.405. The number of H-pyrrole nitrogens is 1. The summed E-state index contributed by atoms with van der Waals surface area (Å²) < 4.78 is 14.8. The first-order valence-electron chi connectivity index (χ1n) is 8.46. The average molecular weight is 349 g/mol. The first-order chi connectivity index (χ1) is 12.6. The summed E-state index contributed by atoms with van der Waals surface area (Å²) in [6.45, 7) is 2.04. The van der Waals surface area contributed by atoms with Crippen molar-refractivity contribution < 1.29 is 9.18 Å². The zero-order chi connectivity index (χ0) is 17.8. The molecule has 1 saturated carbocycles. The van der Waals surface area contributed by atoms with E-state index in [1.807, 2.05) is 42.0 Å². The zero-order valence-electron chi connectivity index (χ0n) is 14.0. The number of amides is 1. The number of hydrogen-bond acceptors (Lipinski definition) is 3. The lowest BCUT2D eigenvalue weighted by molar-refractivity contribution is -0.117. The number of pyridine rings is 2. The van der Waals surface area contributed by atoms with Crippen LogP contribution in [0.5, 0.6) is 0 Å². The van der Waals surface area contributed by atoms with Crippen LogP contribution in [-0.4, -0.2) is 31.4 Å². The molecule has 1 amide bonds. The SMILES string of the molecule is Cc1c[nH]c2ncc(-c3ccc4nc(NC(=O)[C@@H]5C[C@@H]5F)cn4c3)cc12. The van der Waals surface area contributed by atoms with Gasteiger partial charge in [0.25, 0.3) is 0 Å². The third-order valence-corrected chi connectivity index (χ3v) is 4.82. The maximum absolute atomic E-state index is 13.0. The number of imidazole rings is 1. The lowest BCUT2D eigenvalue weighted by atomic mass is 10.1. The monoisotopic (exact) mass is 349 g/mol. The van der Waals surface area contributed by atoms with Crippen molar-refractivity contribution in [1.82, 2.24) is 19.4 Å². The van der Waals surface area contributed by atoms with E-state index in [2.05, 4.69) is 26.3 Å². The molecule has 0 aromatic carbocycles. The molecule has 4 aromatic rings. The standard InChI is InChI=1S/C19H16FN5O/c1-10-6-21-18-13(10)4-12(7-22-18)11-2-3-17-23-16(9-25(17)8-11)24-19(26)14-5-15(14)20/h2-4,6-9,14-15H,5H2,1H3,(H,21,22)(H,24,26)/t14-,15+/m1/s1. The Morgan fingerprint density at radius 3 is 3.00 bits per heavy atom. The van der Waals surface area contributed by atoms with Gasteiger partial charge in [-0.05, 0) is 37.1 Å². The van der Waals surface area contributed by atoms with Crippen LogP contribution >= 0.6 is 0 Å². The molecule has 4 heterocycles. The Morgan fingerprint density at radius 2 is 2.19 bits per heavy atom. The van der Waals surface area contributed by atoms with Crippen LogP contribution in [0.1, 0.15) is 12.0 Å². The fourth-order valence-electron chi connectivity index (χ4n) is 3.17. The maximum Gasteiger partial charge on any atom is 0.231 e. The molecule has 1 fully saturated rings. The predicted octanol–water partition coefficient (Wildman–Crippen LogP) is 3.48. The van der Waals surface area contributed by atoms with E-state index in [0.29, 0.717) is 17.9 Å². The first kappa shape index (κ1) is 15.1. The third kappa shape index (κ3) is 2.44. The number of anilines is 1. The van der Waals surface area contributed by atoms with Gasteiger partial charge in [0.1, 0.15) is 17.5 Å². The van der Waals surface area contributed by atoms with E-state index in [1.165, 1.54) is 0 Å². The van der Waals surface area contributed by atoms with E-state index in [9.17, 15) is 9.18 Å². The van der Waals surface area contributed by atoms with E-state index in [-0.39, 0.29) is 5.91 Å². The van der Waals surface area contributed by atoms with Gasteiger partial charge < -0.3 is 14.7 Å². The van der Waals surface area contributed by atoms with Crippen molar-refractivity contribution in [1.29, 1.82) is 0 Å². The smallest absolute Gasteiger partial charge is 0.231 e. The van der Waals surface area contributed by atoms with Gasteiger partial charge in [-0.3, -0.25) is 4.79 Å². The molecule has 0 radical (unpaired) electrons. The summed E-state index contributed by atoms with van der Waals surface area (Å²) in [5, 5.41) is 3.77. The molecule has 0 aliphatic heterocycles. The molecule has 5 rings (SSSR count). The van der Waals surface area contributed by atoms with Gasteiger partial charge >= 0.3 is 0 Å². The summed E-state index contributed by atoms with van der Waals surface area (Å²) in [7, 11) is 0. The minimum atomic E-state index is -1.02. The van der Waals surface area contributed by atoms with Crippen molar-refractivity contribution in [2.75, 3.05) is 5.32 Å². The molecule has 2 N–H and O–H groups in total. The zero-order valence-corrected chi connectivity index (χ0v) is 14.0. The number of hydrogen-bond donors (Lipinski definition) is 2. The van der Waals surface area contributed by atoms with Gasteiger partial charge in [-0.15, -0.1) is 0 Å². The molecule has 7 heteroatoms. The molecule has 1 aliphatic carbocycles. The third-order valence-electron chi connectivity index (χ3n) is 4.82. The van der Waals surface area contributed by atoms with Crippen LogP contribution in [0.3, 0.4) is 0 Å². The van der Waals surface area contributed by atoms with Crippen LogP contribution < -0.4 is 5.32 Å². The van der Waals surface area contributed by atoms with Crippen LogP contribution in [-0.2, 0) is 4.79 Å². The number of halogens is 1. The molecule has 26 heavy (non-hydrogen) atoms. The molecule has 0 unspecified atom stereocenters. The Hall–Kier alpha value is -3.22. The highest BCUT2D eigenvalue weighted by molar-refractivity contribution is 5.94. The molecule has 2 atom stereocenters. The van der Waals surface area contributed by atoms with Crippen LogP contribution in [0.4, 0.5) is 10.2 Å². The topological polar surface area (TPSA) is 75.1 Å². The summed E-state index contributed by atoms with van der Waals surface area (Å²) in [6.07, 6.45) is 6.73. The van der Waals surface area contributed by atoms with E-state index >= 15 is 0 Å². The van der Waals surface area contributed by atoms with E-state index in [1.54, 1.807) is 6.20 Å². The van der Waals surface area contributed by atoms with Crippen molar-refractivity contribution in [2.24, 2.45) is 5.92 Å². The molecule has 1 aliphatic rings. The Labute approximate surface area is 148 Å². The van der Waals surface area contributed by atoms with Crippen molar-refractivity contribution in [3.05, 3.63) is 48.5 Å². The maximum atomic E-state index is 13.0. The molecule has 0 bridgehead atoms. The number of nitrogens with zero attached hydrogens (tertiary/aromatic N) is 3. The van der Waals surface area contributed by atoms with Crippen molar-refractivity contribution in [3.63, 3.8) is 0 Å². The molecule has 0 spiro atoms. The Bertz CT molecular complexity index is 1160. The number of aromatic nitrogens is 4. The van der Waals surface area contributed by atoms with Gasteiger partial charge in [-0.25, -0.2) is 14.4 Å². The fraction of sp³-hybridized carbons (Fsp3) is 0.211. The number of aromatic amines is 1. The van der Waals surface area contributed by atoms with Gasteiger partial charge in [0.15, 0.2) is 5.82 Å². The number of carbonyl (C=O) groups excluding carboxylic acids is 1. The van der Waals surface area contributed by atoms with Crippen molar-refractivity contribution >= 4 is 28.4 Å². The van der Waals surface area contributed by atoms with Gasteiger partial charge in [0.05, 0.1) is 12.1 Å². The number of aryl methyl sites for hydroxylation is 1. The van der Waals surface area contributed by atoms with Gasteiger partial charge in [0, 0.05) is 35.1 Å². The second-order valence-corrected chi connectivity index (χ2v) is 6.75. The highest BCUT2D eigenvalue weighted by Gasteiger charge is 2.43. The fourth-order valence-corrected chi connectivity index (χ4v) is 3.17. The number of rotatable bonds is 3. The van der Waals surface area contributed by atoms with Gasteiger partial charge in [0.2, 0.25) is 5.91 Å². The lowest BCUT2D eigenvalue weighted by Crippen LogP contribution is -2.15. The highest BCUT2D eigenvalue weighted by atomic mass is 19.1. The van der Waals surface area contributed by atoms with Crippen LogP contribution in [0.25, 0.3) is 27.8 Å². The number of alkyl halides is 1. The minimum Gasteiger partial charge on any atom is -0.346 e.